The molecular weight excluding hydrogens is 183 g/mol. The standard InChI is InChI=1S/C8H6ClFS/c1-5(11)6-2-3-7(9)8(10)4-6/h2-4,11H,1H2. The molecule has 0 N–H and O–H groups in total. The molecule has 1 aromatic rings. The van der Waals surface area contributed by atoms with Gasteiger partial charge >= 0.3 is 0 Å². The highest BCUT2D eigenvalue weighted by Gasteiger charge is 2.00. The van der Waals surface area contributed by atoms with E-state index < -0.39 is 5.82 Å². The molecule has 0 fully saturated rings. The summed E-state index contributed by atoms with van der Waals surface area (Å²) in [6.07, 6.45) is 0. The zero-order valence-corrected chi connectivity index (χ0v) is 7.29. The van der Waals surface area contributed by atoms with Crippen molar-refractivity contribution in [2.75, 3.05) is 0 Å². The minimum Gasteiger partial charge on any atom is -0.205 e. The van der Waals surface area contributed by atoms with Crippen molar-refractivity contribution in [1.82, 2.24) is 0 Å². The van der Waals surface area contributed by atoms with E-state index in [1.807, 2.05) is 0 Å². The molecule has 0 unspecified atom stereocenters. The van der Waals surface area contributed by atoms with Gasteiger partial charge in [0, 0.05) is 4.91 Å². The monoisotopic (exact) mass is 188 g/mol. The highest BCUT2D eigenvalue weighted by molar-refractivity contribution is 7.90. The summed E-state index contributed by atoms with van der Waals surface area (Å²) in [4.78, 5) is 0.528. The van der Waals surface area contributed by atoms with Gasteiger partial charge in [-0.05, 0) is 17.7 Å². The Bertz CT molecular complexity index is 296. The van der Waals surface area contributed by atoms with Gasteiger partial charge in [0.15, 0.2) is 0 Å². The molecule has 0 saturated heterocycles. The molecule has 0 radical (unpaired) electrons. The smallest absolute Gasteiger partial charge is 0.142 e. The van der Waals surface area contributed by atoms with Crippen LogP contribution < -0.4 is 0 Å². The average Bonchev–Trinajstić information content (AvgIpc) is 1.94. The Kier molecular flexibility index (Phi) is 2.58. The molecule has 0 aliphatic rings. The van der Waals surface area contributed by atoms with E-state index >= 15 is 0 Å². The molecular formula is C8H6ClFS. The van der Waals surface area contributed by atoms with E-state index in [0.717, 1.165) is 0 Å². The molecule has 0 atom stereocenters. The first kappa shape index (κ1) is 8.62. The number of rotatable bonds is 1. The predicted octanol–water partition coefficient (Wildman–Crippen LogP) is 3.38. The van der Waals surface area contributed by atoms with Crippen molar-refractivity contribution in [2.45, 2.75) is 0 Å². The second-order valence-electron chi connectivity index (χ2n) is 2.08. The van der Waals surface area contributed by atoms with Gasteiger partial charge in [-0.1, -0.05) is 24.2 Å². The number of thiol groups is 1. The summed E-state index contributed by atoms with van der Waals surface area (Å²) in [5, 5.41) is 0.114. The molecule has 58 valence electrons. The van der Waals surface area contributed by atoms with Crippen LogP contribution in [0.4, 0.5) is 4.39 Å². The van der Waals surface area contributed by atoms with Crippen molar-refractivity contribution in [3.05, 3.63) is 41.2 Å². The lowest BCUT2D eigenvalue weighted by molar-refractivity contribution is 0.628. The SMILES string of the molecule is C=C(S)c1ccc(Cl)c(F)c1. The van der Waals surface area contributed by atoms with Gasteiger partial charge in [-0.3, -0.25) is 0 Å². The van der Waals surface area contributed by atoms with E-state index in [2.05, 4.69) is 19.2 Å². The van der Waals surface area contributed by atoms with Crippen molar-refractivity contribution in [3.8, 4) is 0 Å². The van der Waals surface area contributed by atoms with Crippen molar-refractivity contribution in [3.63, 3.8) is 0 Å². The minimum atomic E-state index is -0.445. The van der Waals surface area contributed by atoms with Crippen LogP contribution in [-0.2, 0) is 0 Å². The van der Waals surface area contributed by atoms with Gasteiger partial charge in [0.05, 0.1) is 5.02 Å². The third kappa shape index (κ3) is 1.98. The number of hydrogen-bond acceptors (Lipinski definition) is 1. The van der Waals surface area contributed by atoms with Gasteiger partial charge in [0.2, 0.25) is 0 Å². The summed E-state index contributed by atoms with van der Waals surface area (Å²) in [6, 6.07) is 4.45. The highest BCUT2D eigenvalue weighted by Crippen LogP contribution is 2.21. The molecule has 1 aromatic carbocycles. The predicted molar refractivity (Wildman–Crippen MR) is 49.4 cm³/mol. The largest absolute Gasteiger partial charge is 0.205 e. The van der Waals surface area contributed by atoms with E-state index in [0.29, 0.717) is 10.5 Å². The van der Waals surface area contributed by atoms with Gasteiger partial charge in [-0.15, -0.1) is 12.6 Å². The van der Waals surface area contributed by atoms with E-state index in [1.54, 1.807) is 6.07 Å². The third-order valence-electron chi connectivity index (χ3n) is 1.25. The maximum Gasteiger partial charge on any atom is 0.142 e. The first-order valence-corrected chi connectivity index (χ1v) is 3.77. The maximum atomic E-state index is 12.7. The Morgan fingerprint density at radius 3 is 2.64 bits per heavy atom. The first-order chi connectivity index (χ1) is 5.11. The van der Waals surface area contributed by atoms with E-state index in [4.69, 9.17) is 11.6 Å². The van der Waals surface area contributed by atoms with Gasteiger partial charge in [0.1, 0.15) is 5.82 Å². The fraction of sp³-hybridized carbons (Fsp3) is 0. The van der Waals surface area contributed by atoms with Crippen molar-refractivity contribution in [2.24, 2.45) is 0 Å². The van der Waals surface area contributed by atoms with Crippen LogP contribution in [0.25, 0.3) is 4.91 Å². The van der Waals surface area contributed by atoms with E-state index in [-0.39, 0.29) is 5.02 Å². The van der Waals surface area contributed by atoms with Crippen LogP contribution in [0.2, 0.25) is 5.02 Å². The molecule has 0 aliphatic heterocycles. The summed E-state index contributed by atoms with van der Waals surface area (Å²) >= 11 is 9.42. The van der Waals surface area contributed by atoms with Crippen LogP contribution >= 0.6 is 24.2 Å². The van der Waals surface area contributed by atoms with Crippen LogP contribution in [0.5, 0.6) is 0 Å². The zero-order valence-electron chi connectivity index (χ0n) is 5.64. The molecule has 1 rings (SSSR count). The summed E-state index contributed by atoms with van der Waals surface area (Å²) in [5.74, 6) is -0.445. The quantitative estimate of drug-likeness (QED) is 0.642. The Labute approximate surface area is 75.1 Å². The molecule has 0 amide bonds. The number of hydrogen-bond donors (Lipinski definition) is 1. The van der Waals surface area contributed by atoms with Crippen LogP contribution in [-0.4, -0.2) is 0 Å². The lowest BCUT2D eigenvalue weighted by Crippen LogP contribution is -1.80. The topological polar surface area (TPSA) is 0 Å². The van der Waals surface area contributed by atoms with Gasteiger partial charge in [-0.2, -0.15) is 0 Å². The molecule has 0 spiro atoms. The number of halogens is 2. The fourth-order valence-electron chi connectivity index (χ4n) is 0.676. The lowest BCUT2D eigenvalue weighted by Gasteiger charge is -1.98. The first-order valence-electron chi connectivity index (χ1n) is 2.94. The van der Waals surface area contributed by atoms with Crippen LogP contribution in [0, 0.1) is 5.82 Å². The second-order valence-corrected chi connectivity index (χ2v) is 3.02. The molecule has 0 bridgehead atoms. The number of benzene rings is 1. The second kappa shape index (κ2) is 3.28. The van der Waals surface area contributed by atoms with Gasteiger partial charge < -0.3 is 0 Å². The molecule has 3 heteroatoms. The van der Waals surface area contributed by atoms with Crippen LogP contribution in [0.3, 0.4) is 0 Å². The fourth-order valence-corrected chi connectivity index (χ4v) is 0.932. The van der Waals surface area contributed by atoms with Crippen molar-refractivity contribution in [1.29, 1.82) is 0 Å². The van der Waals surface area contributed by atoms with Crippen molar-refractivity contribution < 1.29 is 4.39 Å². The Morgan fingerprint density at radius 1 is 1.55 bits per heavy atom. The molecule has 0 heterocycles. The molecule has 0 saturated carbocycles. The molecule has 0 nitrogen and oxygen atoms in total. The summed E-state index contributed by atoms with van der Waals surface area (Å²) < 4.78 is 12.7. The van der Waals surface area contributed by atoms with E-state index in [9.17, 15) is 4.39 Å². The Morgan fingerprint density at radius 2 is 2.18 bits per heavy atom. The Hall–Kier alpha value is -0.470. The molecule has 0 aliphatic carbocycles. The summed E-state index contributed by atoms with van der Waals surface area (Å²) in [5.41, 5.74) is 0.648. The van der Waals surface area contributed by atoms with E-state index in [1.165, 1.54) is 12.1 Å². The van der Waals surface area contributed by atoms with Gasteiger partial charge in [-0.25, -0.2) is 4.39 Å². The summed E-state index contributed by atoms with van der Waals surface area (Å²) in [7, 11) is 0. The zero-order chi connectivity index (χ0) is 8.43. The average molecular weight is 189 g/mol. The van der Waals surface area contributed by atoms with Crippen LogP contribution in [0.15, 0.2) is 24.8 Å². The molecule has 11 heavy (non-hydrogen) atoms. The van der Waals surface area contributed by atoms with Gasteiger partial charge in [0.25, 0.3) is 0 Å². The molecule has 0 aromatic heterocycles. The third-order valence-corrected chi connectivity index (χ3v) is 1.82. The minimum absolute atomic E-state index is 0.114. The van der Waals surface area contributed by atoms with Crippen LogP contribution in [0.1, 0.15) is 5.56 Å². The maximum absolute atomic E-state index is 12.7. The van der Waals surface area contributed by atoms with Crippen molar-refractivity contribution >= 4 is 29.1 Å². The Balaban J connectivity index is 3.15. The lowest BCUT2D eigenvalue weighted by atomic mass is 10.2. The summed E-state index contributed by atoms with van der Waals surface area (Å²) in [6.45, 7) is 3.55. The normalized spacial score (nSPS) is 9.73. The highest BCUT2D eigenvalue weighted by atomic mass is 35.5.